The second kappa shape index (κ2) is 5.25. The molecular weight excluding hydrogens is 250 g/mol. The predicted octanol–water partition coefficient (Wildman–Crippen LogP) is 2.01. The van der Waals surface area contributed by atoms with Gasteiger partial charge in [-0.25, -0.2) is 9.97 Å². The van der Waals surface area contributed by atoms with Gasteiger partial charge in [0, 0.05) is 30.4 Å². The largest absolute Gasteiger partial charge is 0.383 e. The van der Waals surface area contributed by atoms with Crippen LogP contribution in [-0.2, 0) is 6.54 Å². The van der Waals surface area contributed by atoms with Gasteiger partial charge < -0.3 is 10.3 Å². The van der Waals surface area contributed by atoms with E-state index < -0.39 is 0 Å². The van der Waals surface area contributed by atoms with Gasteiger partial charge in [0.05, 0.1) is 18.2 Å². The summed E-state index contributed by atoms with van der Waals surface area (Å²) in [5.74, 6) is 0.553. The van der Waals surface area contributed by atoms with Crippen molar-refractivity contribution in [3.63, 3.8) is 0 Å². The Kier molecular flexibility index (Phi) is 3.44. The van der Waals surface area contributed by atoms with E-state index in [9.17, 15) is 0 Å². The maximum atomic E-state index is 5.97. The smallest absolute Gasteiger partial charge is 0.132 e. The van der Waals surface area contributed by atoms with Crippen molar-refractivity contribution in [1.82, 2.24) is 19.4 Å². The molecule has 0 spiro atoms. The summed E-state index contributed by atoms with van der Waals surface area (Å²) in [6.45, 7) is 3.17. The minimum absolute atomic E-state index is 0.480. The molecule has 0 bridgehead atoms. The van der Waals surface area contributed by atoms with Gasteiger partial charge in [0.15, 0.2) is 0 Å². The van der Waals surface area contributed by atoms with Gasteiger partial charge in [-0.15, -0.1) is 0 Å². The molecule has 1 aliphatic rings. The van der Waals surface area contributed by atoms with Crippen molar-refractivity contribution in [2.75, 3.05) is 12.8 Å². The highest BCUT2D eigenvalue weighted by Crippen LogP contribution is 2.28. The summed E-state index contributed by atoms with van der Waals surface area (Å²) in [6.07, 6.45) is 8.10. The highest BCUT2D eigenvalue weighted by molar-refractivity contribution is 5.70. The fourth-order valence-corrected chi connectivity index (χ4v) is 2.58. The summed E-state index contributed by atoms with van der Waals surface area (Å²) in [5, 5.41) is 0. The first-order chi connectivity index (χ1) is 9.66. The molecule has 0 saturated heterocycles. The molecule has 1 atom stereocenters. The molecule has 1 fully saturated rings. The molecule has 0 aromatic carbocycles. The molecule has 1 unspecified atom stereocenters. The van der Waals surface area contributed by atoms with Gasteiger partial charge in [0.2, 0.25) is 0 Å². The van der Waals surface area contributed by atoms with Crippen LogP contribution < -0.4 is 5.73 Å². The standard InChI is InChI=1S/C15H21N5/c1-11(19(2)12-5-6-12)9-20-10-17-8-14(20)13-4-3-7-18-15(13)16/h3-4,7-8,10-12H,5-6,9H2,1-2H3,(H2,16,18). The Hall–Kier alpha value is -1.88. The molecule has 2 N–H and O–H groups in total. The quantitative estimate of drug-likeness (QED) is 0.903. The highest BCUT2D eigenvalue weighted by atomic mass is 15.2. The summed E-state index contributed by atoms with van der Waals surface area (Å²) in [7, 11) is 2.21. The van der Waals surface area contributed by atoms with Gasteiger partial charge in [-0.05, 0) is 38.9 Å². The van der Waals surface area contributed by atoms with E-state index in [4.69, 9.17) is 5.73 Å². The van der Waals surface area contributed by atoms with Crippen molar-refractivity contribution in [2.24, 2.45) is 0 Å². The molecular formula is C15H21N5. The number of nitrogen functional groups attached to an aromatic ring is 1. The zero-order valence-corrected chi connectivity index (χ0v) is 12.0. The van der Waals surface area contributed by atoms with E-state index >= 15 is 0 Å². The van der Waals surface area contributed by atoms with Crippen LogP contribution >= 0.6 is 0 Å². The normalized spacial score (nSPS) is 16.6. The highest BCUT2D eigenvalue weighted by Gasteiger charge is 2.29. The molecule has 0 radical (unpaired) electrons. The van der Waals surface area contributed by atoms with Crippen molar-refractivity contribution in [1.29, 1.82) is 0 Å². The predicted molar refractivity (Wildman–Crippen MR) is 80.1 cm³/mol. The molecule has 5 nitrogen and oxygen atoms in total. The maximum absolute atomic E-state index is 5.97. The number of nitrogens with zero attached hydrogens (tertiary/aromatic N) is 4. The van der Waals surface area contributed by atoms with E-state index in [1.807, 2.05) is 24.7 Å². The number of imidazole rings is 1. The van der Waals surface area contributed by atoms with Gasteiger partial charge in [-0.3, -0.25) is 4.90 Å². The number of aromatic nitrogens is 3. The molecule has 20 heavy (non-hydrogen) atoms. The molecule has 0 aliphatic heterocycles. The Morgan fingerprint density at radius 2 is 2.30 bits per heavy atom. The first-order valence-electron chi connectivity index (χ1n) is 7.09. The lowest BCUT2D eigenvalue weighted by Gasteiger charge is -2.25. The van der Waals surface area contributed by atoms with E-state index in [1.165, 1.54) is 12.8 Å². The van der Waals surface area contributed by atoms with Crippen LogP contribution in [0.1, 0.15) is 19.8 Å². The monoisotopic (exact) mass is 271 g/mol. The number of hydrogen-bond acceptors (Lipinski definition) is 4. The number of likely N-dealkylation sites (N-methyl/N-ethyl adjacent to an activating group) is 1. The van der Waals surface area contributed by atoms with Crippen LogP contribution in [0.2, 0.25) is 0 Å². The van der Waals surface area contributed by atoms with E-state index in [2.05, 4.69) is 33.4 Å². The minimum atomic E-state index is 0.480. The van der Waals surface area contributed by atoms with Gasteiger partial charge in [0.25, 0.3) is 0 Å². The second-order valence-corrected chi connectivity index (χ2v) is 5.61. The Balaban J connectivity index is 1.81. The topological polar surface area (TPSA) is 60.0 Å². The maximum Gasteiger partial charge on any atom is 0.132 e. The zero-order chi connectivity index (χ0) is 14.1. The molecule has 2 heterocycles. The molecule has 3 rings (SSSR count). The van der Waals surface area contributed by atoms with Gasteiger partial charge in [-0.1, -0.05) is 0 Å². The van der Waals surface area contributed by atoms with Crippen LogP contribution in [-0.4, -0.2) is 38.6 Å². The van der Waals surface area contributed by atoms with E-state index in [0.29, 0.717) is 11.9 Å². The average molecular weight is 271 g/mol. The van der Waals surface area contributed by atoms with Crippen LogP contribution in [0.5, 0.6) is 0 Å². The van der Waals surface area contributed by atoms with Gasteiger partial charge in [-0.2, -0.15) is 0 Å². The van der Waals surface area contributed by atoms with E-state index in [0.717, 1.165) is 23.8 Å². The molecule has 0 amide bonds. The SMILES string of the molecule is CC(Cn1cncc1-c1cccnc1N)N(C)C1CC1. The third-order valence-corrected chi connectivity index (χ3v) is 4.11. The van der Waals surface area contributed by atoms with Crippen molar-refractivity contribution >= 4 is 5.82 Å². The Labute approximate surface area is 119 Å². The zero-order valence-electron chi connectivity index (χ0n) is 12.0. The van der Waals surface area contributed by atoms with Crippen molar-refractivity contribution in [3.05, 3.63) is 30.9 Å². The molecule has 1 saturated carbocycles. The van der Waals surface area contributed by atoms with Crippen molar-refractivity contribution in [3.8, 4) is 11.3 Å². The fourth-order valence-electron chi connectivity index (χ4n) is 2.58. The van der Waals surface area contributed by atoms with Crippen LogP contribution in [0.4, 0.5) is 5.82 Å². The summed E-state index contributed by atoms with van der Waals surface area (Å²) in [5.41, 5.74) is 7.95. The van der Waals surface area contributed by atoms with Gasteiger partial charge in [0.1, 0.15) is 5.82 Å². The van der Waals surface area contributed by atoms with E-state index in [-0.39, 0.29) is 0 Å². The Morgan fingerprint density at radius 3 is 3.00 bits per heavy atom. The Bertz CT molecular complexity index is 587. The average Bonchev–Trinajstić information content (AvgIpc) is 3.20. The van der Waals surface area contributed by atoms with Crippen LogP contribution in [0.3, 0.4) is 0 Å². The third kappa shape index (κ3) is 2.54. The molecule has 1 aliphatic carbocycles. The third-order valence-electron chi connectivity index (χ3n) is 4.11. The van der Waals surface area contributed by atoms with Crippen LogP contribution in [0.15, 0.2) is 30.9 Å². The Morgan fingerprint density at radius 1 is 1.50 bits per heavy atom. The number of nitrogens with two attached hydrogens (primary N) is 1. The number of anilines is 1. The minimum Gasteiger partial charge on any atom is -0.383 e. The van der Waals surface area contributed by atoms with Crippen LogP contribution in [0, 0.1) is 0 Å². The lowest BCUT2D eigenvalue weighted by Crippen LogP contribution is -2.34. The molecule has 2 aromatic heterocycles. The number of pyridine rings is 1. The lowest BCUT2D eigenvalue weighted by atomic mass is 10.2. The summed E-state index contributed by atoms with van der Waals surface area (Å²) in [6, 6.07) is 5.14. The van der Waals surface area contributed by atoms with Crippen LogP contribution in [0.25, 0.3) is 11.3 Å². The second-order valence-electron chi connectivity index (χ2n) is 5.61. The molecule has 2 aromatic rings. The number of rotatable bonds is 5. The first-order valence-corrected chi connectivity index (χ1v) is 7.09. The fraction of sp³-hybridized carbons (Fsp3) is 0.467. The first kappa shape index (κ1) is 13.1. The summed E-state index contributed by atoms with van der Waals surface area (Å²) in [4.78, 5) is 10.9. The molecule has 5 heteroatoms. The van der Waals surface area contributed by atoms with Crippen molar-refractivity contribution < 1.29 is 0 Å². The van der Waals surface area contributed by atoms with E-state index in [1.54, 1.807) is 6.20 Å². The number of hydrogen-bond donors (Lipinski definition) is 1. The summed E-state index contributed by atoms with van der Waals surface area (Å²) < 4.78 is 2.16. The van der Waals surface area contributed by atoms with Crippen molar-refractivity contribution in [2.45, 2.75) is 38.4 Å². The lowest BCUT2D eigenvalue weighted by molar-refractivity contribution is 0.226. The summed E-state index contributed by atoms with van der Waals surface area (Å²) >= 11 is 0. The van der Waals surface area contributed by atoms with Gasteiger partial charge >= 0.3 is 0 Å². The molecule has 106 valence electrons.